The highest BCUT2D eigenvalue weighted by atomic mass is 35.5. The molecule has 1 N–H and O–H groups in total. The molecule has 0 aromatic heterocycles. The normalized spacial score (nSPS) is 10.2. The third-order valence-electron chi connectivity index (χ3n) is 3.57. The van der Waals surface area contributed by atoms with E-state index in [4.69, 9.17) is 25.8 Å². The summed E-state index contributed by atoms with van der Waals surface area (Å²) < 4.78 is 15.9. The Kier molecular flexibility index (Phi) is 6.32. The van der Waals surface area contributed by atoms with Gasteiger partial charge in [-0.25, -0.2) is 0 Å². The Hall–Kier alpha value is -2.40. The molecule has 128 valence electrons. The van der Waals surface area contributed by atoms with Gasteiger partial charge in [-0.3, -0.25) is 4.79 Å². The van der Waals surface area contributed by atoms with Crippen LogP contribution in [-0.2, 0) is 17.8 Å². The summed E-state index contributed by atoms with van der Waals surface area (Å²) in [7, 11) is 4.68. The summed E-state index contributed by atoms with van der Waals surface area (Å²) in [5, 5.41) is 3.44. The van der Waals surface area contributed by atoms with Crippen molar-refractivity contribution >= 4 is 17.5 Å². The van der Waals surface area contributed by atoms with E-state index in [2.05, 4.69) is 5.32 Å². The molecule has 2 rings (SSSR count). The van der Waals surface area contributed by atoms with Crippen LogP contribution in [0.5, 0.6) is 17.2 Å². The van der Waals surface area contributed by atoms with E-state index in [1.54, 1.807) is 39.5 Å². The van der Waals surface area contributed by atoms with Gasteiger partial charge in [0.1, 0.15) is 5.75 Å². The van der Waals surface area contributed by atoms with Gasteiger partial charge >= 0.3 is 0 Å². The van der Waals surface area contributed by atoms with E-state index in [0.717, 1.165) is 11.1 Å². The van der Waals surface area contributed by atoms with Crippen LogP contribution in [0.4, 0.5) is 0 Å². The maximum absolute atomic E-state index is 12.1. The number of carbonyl (C=O) groups is 1. The molecule has 0 radical (unpaired) electrons. The number of nitrogens with one attached hydrogen (secondary N) is 1. The second-order valence-electron chi connectivity index (χ2n) is 5.06. The standard InChI is InChI=1S/C18H20ClNO4/c1-22-15-10-17(24-3)16(23-2)8-13(15)11-20-18(21)9-12-6-4-5-7-14(12)19/h4-8,10H,9,11H2,1-3H3,(H,20,21). The molecule has 0 spiro atoms. The van der Waals surface area contributed by atoms with E-state index in [0.29, 0.717) is 28.8 Å². The van der Waals surface area contributed by atoms with Gasteiger partial charge in [0, 0.05) is 23.2 Å². The summed E-state index contributed by atoms with van der Waals surface area (Å²) in [4.78, 5) is 12.1. The molecule has 0 atom stereocenters. The third-order valence-corrected chi connectivity index (χ3v) is 3.94. The highest BCUT2D eigenvalue weighted by Crippen LogP contribution is 2.34. The molecule has 0 saturated heterocycles. The molecule has 0 saturated carbocycles. The van der Waals surface area contributed by atoms with Crippen LogP contribution in [0.25, 0.3) is 0 Å². The fourth-order valence-electron chi connectivity index (χ4n) is 2.30. The molecule has 0 heterocycles. The van der Waals surface area contributed by atoms with Crippen LogP contribution in [0, 0.1) is 0 Å². The minimum atomic E-state index is -0.125. The summed E-state index contributed by atoms with van der Waals surface area (Å²) in [6, 6.07) is 10.8. The lowest BCUT2D eigenvalue weighted by atomic mass is 10.1. The van der Waals surface area contributed by atoms with E-state index in [1.807, 2.05) is 18.2 Å². The maximum Gasteiger partial charge on any atom is 0.224 e. The van der Waals surface area contributed by atoms with Gasteiger partial charge in [0.25, 0.3) is 0 Å². The zero-order valence-corrected chi connectivity index (χ0v) is 14.6. The summed E-state index contributed by atoms with van der Waals surface area (Å²) in [6.45, 7) is 0.312. The molecule has 5 nitrogen and oxygen atoms in total. The van der Waals surface area contributed by atoms with Crippen molar-refractivity contribution in [1.29, 1.82) is 0 Å². The Morgan fingerprint density at radius 3 is 2.21 bits per heavy atom. The first-order chi connectivity index (χ1) is 11.6. The second-order valence-corrected chi connectivity index (χ2v) is 5.47. The topological polar surface area (TPSA) is 56.8 Å². The average Bonchev–Trinajstić information content (AvgIpc) is 2.61. The number of carbonyl (C=O) groups excluding carboxylic acids is 1. The van der Waals surface area contributed by atoms with E-state index in [9.17, 15) is 4.79 Å². The molecular weight excluding hydrogens is 330 g/mol. The van der Waals surface area contributed by atoms with Crippen LogP contribution in [0.15, 0.2) is 36.4 Å². The number of halogens is 1. The highest BCUT2D eigenvalue weighted by molar-refractivity contribution is 6.31. The van der Waals surface area contributed by atoms with Crippen molar-refractivity contribution in [3.63, 3.8) is 0 Å². The molecule has 1 amide bonds. The van der Waals surface area contributed by atoms with Gasteiger partial charge in [0.15, 0.2) is 11.5 Å². The lowest BCUT2D eigenvalue weighted by molar-refractivity contribution is -0.120. The monoisotopic (exact) mass is 349 g/mol. The van der Waals surface area contributed by atoms with E-state index >= 15 is 0 Å². The average molecular weight is 350 g/mol. The molecular formula is C18H20ClNO4. The van der Waals surface area contributed by atoms with Gasteiger partial charge in [-0.05, 0) is 17.7 Å². The summed E-state index contributed by atoms with van der Waals surface area (Å²) >= 11 is 6.08. The minimum Gasteiger partial charge on any atom is -0.496 e. The summed E-state index contributed by atoms with van der Waals surface area (Å²) in [5.41, 5.74) is 1.58. The van der Waals surface area contributed by atoms with Gasteiger partial charge < -0.3 is 19.5 Å². The maximum atomic E-state index is 12.1. The molecule has 0 aliphatic rings. The van der Waals surface area contributed by atoms with Crippen molar-refractivity contribution in [1.82, 2.24) is 5.32 Å². The molecule has 0 aliphatic carbocycles. The number of hydrogen-bond acceptors (Lipinski definition) is 4. The molecule has 0 bridgehead atoms. The number of hydrogen-bond donors (Lipinski definition) is 1. The van der Waals surface area contributed by atoms with Crippen LogP contribution in [-0.4, -0.2) is 27.2 Å². The first-order valence-corrected chi connectivity index (χ1v) is 7.75. The lowest BCUT2D eigenvalue weighted by Gasteiger charge is -2.14. The fraction of sp³-hybridized carbons (Fsp3) is 0.278. The molecule has 0 unspecified atom stereocenters. The van der Waals surface area contributed by atoms with Crippen LogP contribution in [0.2, 0.25) is 5.02 Å². The Bertz CT molecular complexity index is 718. The molecule has 2 aromatic rings. The molecule has 0 aliphatic heterocycles. The smallest absolute Gasteiger partial charge is 0.224 e. The summed E-state index contributed by atoms with van der Waals surface area (Å²) in [5.74, 6) is 1.64. The molecule has 0 fully saturated rings. The number of methoxy groups -OCH3 is 3. The van der Waals surface area contributed by atoms with Crippen molar-refractivity contribution in [2.45, 2.75) is 13.0 Å². The van der Waals surface area contributed by atoms with Crippen LogP contribution in [0.1, 0.15) is 11.1 Å². The van der Waals surface area contributed by atoms with E-state index in [1.165, 1.54) is 0 Å². The van der Waals surface area contributed by atoms with Crippen LogP contribution >= 0.6 is 11.6 Å². The van der Waals surface area contributed by atoms with Gasteiger partial charge in [0.05, 0.1) is 27.8 Å². The molecule has 6 heteroatoms. The van der Waals surface area contributed by atoms with Crippen molar-refractivity contribution < 1.29 is 19.0 Å². The Morgan fingerprint density at radius 1 is 0.958 bits per heavy atom. The third kappa shape index (κ3) is 4.32. The van der Waals surface area contributed by atoms with Gasteiger partial charge in [-0.2, -0.15) is 0 Å². The summed E-state index contributed by atoms with van der Waals surface area (Å²) in [6.07, 6.45) is 0.218. The van der Waals surface area contributed by atoms with Crippen LogP contribution in [0.3, 0.4) is 0 Å². The minimum absolute atomic E-state index is 0.125. The number of amides is 1. The van der Waals surface area contributed by atoms with Crippen LogP contribution < -0.4 is 19.5 Å². The molecule has 24 heavy (non-hydrogen) atoms. The van der Waals surface area contributed by atoms with Crippen molar-refractivity contribution in [2.24, 2.45) is 0 Å². The first-order valence-electron chi connectivity index (χ1n) is 7.38. The predicted octanol–water partition coefficient (Wildman–Crippen LogP) is 3.22. The predicted molar refractivity (Wildman–Crippen MR) is 93.1 cm³/mol. The van der Waals surface area contributed by atoms with E-state index < -0.39 is 0 Å². The second kappa shape index (κ2) is 8.45. The van der Waals surface area contributed by atoms with Crippen molar-refractivity contribution in [3.05, 3.63) is 52.5 Å². The quantitative estimate of drug-likeness (QED) is 0.833. The molecule has 2 aromatic carbocycles. The SMILES string of the molecule is COc1cc(OC)c(OC)cc1CNC(=O)Cc1ccccc1Cl. The zero-order valence-electron chi connectivity index (χ0n) is 13.9. The number of rotatable bonds is 7. The Morgan fingerprint density at radius 2 is 1.58 bits per heavy atom. The highest BCUT2D eigenvalue weighted by Gasteiger charge is 2.13. The van der Waals surface area contributed by atoms with Gasteiger partial charge in [-0.15, -0.1) is 0 Å². The lowest BCUT2D eigenvalue weighted by Crippen LogP contribution is -2.25. The van der Waals surface area contributed by atoms with Crippen molar-refractivity contribution in [2.75, 3.05) is 21.3 Å². The number of benzene rings is 2. The van der Waals surface area contributed by atoms with E-state index in [-0.39, 0.29) is 12.3 Å². The van der Waals surface area contributed by atoms with Gasteiger partial charge in [0.2, 0.25) is 5.91 Å². The van der Waals surface area contributed by atoms with Gasteiger partial charge in [-0.1, -0.05) is 29.8 Å². The Balaban J connectivity index is 2.08. The first kappa shape index (κ1) is 17.9. The van der Waals surface area contributed by atoms with Crippen molar-refractivity contribution in [3.8, 4) is 17.2 Å². The Labute approximate surface area is 146 Å². The largest absolute Gasteiger partial charge is 0.496 e. The fourth-order valence-corrected chi connectivity index (χ4v) is 2.50. The zero-order chi connectivity index (χ0) is 17.5. The number of ether oxygens (including phenoxy) is 3.